The van der Waals surface area contributed by atoms with Crippen molar-refractivity contribution in [1.29, 1.82) is 0 Å². The number of rotatable bonds is 3. The maximum atomic E-state index is 12.0. The number of hydrogen-bond donors (Lipinski definition) is 1. The van der Waals surface area contributed by atoms with Crippen LogP contribution in [0.3, 0.4) is 0 Å². The molecule has 1 heterocycles. The molecule has 1 amide bonds. The number of hydrogen-bond acceptors (Lipinski definition) is 3. The highest BCUT2D eigenvalue weighted by Gasteiger charge is 2.11. The van der Waals surface area contributed by atoms with Gasteiger partial charge in [-0.05, 0) is 29.8 Å². The van der Waals surface area contributed by atoms with Gasteiger partial charge in [0.1, 0.15) is 5.52 Å². The highest BCUT2D eigenvalue weighted by molar-refractivity contribution is 7.22. The first-order valence-corrected chi connectivity index (χ1v) is 8.48. The maximum Gasteiger partial charge on any atom is 0.250 e. The second-order valence-corrected chi connectivity index (χ2v) is 6.79. The van der Waals surface area contributed by atoms with Crippen LogP contribution in [0.25, 0.3) is 16.3 Å². The van der Waals surface area contributed by atoms with E-state index in [2.05, 4.69) is 10.3 Å². The number of nitrogens with one attached hydrogen (secondary N) is 1. The van der Waals surface area contributed by atoms with Gasteiger partial charge in [-0.25, -0.2) is 4.98 Å². The lowest BCUT2D eigenvalue weighted by molar-refractivity contribution is -0.111. The van der Waals surface area contributed by atoms with Gasteiger partial charge < -0.3 is 0 Å². The summed E-state index contributed by atoms with van der Waals surface area (Å²) in [6.45, 7) is 0. The first-order chi connectivity index (χ1) is 11.0. The number of carbonyl (C=O) groups excluding carboxylic acids is 1. The van der Waals surface area contributed by atoms with Gasteiger partial charge in [0, 0.05) is 11.1 Å². The quantitative estimate of drug-likeness (QED) is 0.571. The zero-order valence-corrected chi connectivity index (χ0v) is 14.6. The normalized spacial score (nSPS) is 11.3. The Balaban J connectivity index is 1.78. The van der Waals surface area contributed by atoms with E-state index < -0.39 is 0 Å². The van der Waals surface area contributed by atoms with Crippen LogP contribution in [0.1, 0.15) is 5.56 Å². The Hall–Kier alpha value is -1.59. The molecule has 0 fully saturated rings. The summed E-state index contributed by atoms with van der Waals surface area (Å²) in [6.07, 6.45) is 3.05. The van der Waals surface area contributed by atoms with E-state index >= 15 is 0 Å². The Kier molecular flexibility index (Phi) is 4.87. The summed E-state index contributed by atoms with van der Waals surface area (Å²) in [6, 6.07) is 10.8. The Morgan fingerprint density at radius 2 is 1.87 bits per heavy atom. The zero-order chi connectivity index (χ0) is 16.4. The lowest BCUT2D eigenvalue weighted by Crippen LogP contribution is -2.07. The number of halogens is 3. The summed E-state index contributed by atoms with van der Waals surface area (Å²) < 4.78 is 0.852. The molecule has 0 saturated carbocycles. The minimum absolute atomic E-state index is 0.300. The molecule has 0 spiro atoms. The molecule has 0 bridgehead atoms. The molecule has 116 valence electrons. The van der Waals surface area contributed by atoms with Gasteiger partial charge in [0.25, 0.3) is 0 Å². The first-order valence-electron chi connectivity index (χ1n) is 6.53. The van der Waals surface area contributed by atoms with Crippen molar-refractivity contribution >= 4 is 73.5 Å². The van der Waals surface area contributed by atoms with Crippen molar-refractivity contribution in [2.75, 3.05) is 5.32 Å². The van der Waals surface area contributed by atoms with Crippen LogP contribution in [0.15, 0.2) is 42.5 Å². The standard InChI is InChI=1S/C16H9Cl3N2OS/c17-10-4-2-1-3-9(10)5-8-13(22)20-16-21-15-12(23-16)7-6-11(18)14(15)19/h1-8H,(H,20,21,22)/b8-5+. The number of amides is 1. The number of aromatic nitrogens is 1. The Labute approximate surface area is 151 Å². The summed E-state index contributed by atoms with van der Waals surface area (Å²) in [7, 11) is 0. The molecule has 1 aromatic heterocycles. The van der Waals surface area contributed by atoms with E-state index in [-0.39, 0.29) is 5.91 Å². The number of nitrogens with zero attached hydrogens (tertiary/aromatic N) is 1. The van der Waals surface area contributed by atoms with Crippen LogP contribution in [0.4, 0.5) is 5.13 Å². The minimum Gasteiger partial charge on any atom is -0.298 e. The van der Waals surface area contributed by atoms with Crippen LogP contribution in [0.5, 0.6) is 0 Å². The van der Waals surface area contributed by atoms with E-state index in [4.69, 9.17) is 34.8 Å². The average molecular weight is 384 g/mol. The number of benzene rings is 2. The fourth-order valence-corrected chi connectivity index (χ4v) is 3.41. The highest BCUT2D eigenvalue weighted by Crippen LogP contribution is 2.35. The summed E-state index contributed by atoms with van der Waals surface area (Å²) >= 11 is 19.4. The van der Waals surface area contributed by atoms with Gasteiger partial charge in [0.05, 0.1) is 14.7 Å². The minimum atomic E-state index is -0.300. The predicted molar refractivity (Wildman–Crippen MR) is 98.8 cm³/mol. The van der Waals surface area contributed by atoms with E-state index in [1.165, 1.54) is 17.4 Å². The number of carbonyl (C=O) groups is 1. The first kappa shape index (κ1) is 16.3. The molecule has 2 aromatic carbocycles. The van der Waals surface area contributed by atoms with Gasteiger partial charge >= 0.3 is 0 Å². The van der Waals surface area contributed by atoms with Gasteiger partial charge in [-0.2, -0.15) is 0 Å². The third-order valence-electron chi connectivity index (χ3n) is 3.00. The maximum absolute atomic E-state index is 12.0. The molecule has 0 unspecified atom stereocenters. The van der Waals surface area contributed by atoms with Gasteiger partial charge in [0.15, 0.2) is 5.13 Å². The molecule has 7 heteroatoms. The molecular weight excluding hydrogens is 375 g/mol. The molecule has 23 heavy (non-hydrogen) atoms. The van der Waals surface area contributed by atoms with Crippen molar-refractivity contribution in [2.45, 2.75) is 0 Å². The van der Waals surface area contributed by atoms with E-state index in [0.29, 0.717) is 25.7 Å². The van der Waals surface area contributed by atoms with E-state index in [0.717, 1.165) is 10.3 Å². The average Bonchev–Trinajstić information content (AvgIpc) is 2.93. The van der Waals surface area contributed by atoms with Crippen LogP contribution in [0, 0.1) is 0 Å². The van der Waals surface area contributed by atoms with Crippen molar-refractivity contribution in [2.24, 2.45) is 0 Å². The van der Waals surface area contributed by atoms with E-state index in [1.54, 1.807) is 18.2 Å². The number of fused-ring (bicyclic) bond motifs is 1. The molecule has 0 aliphatic rings. The molecule has 3 nitrogen and oxygen atoms in total. The van der Waals surface area contributed by atoms with Crippen molar-refractivity contribution in [3.05, 3.63) is 63.1 Å². The summed E-state index contributed by atoms with van der Waals surface area (Å²) in [5.41, 5.74) is 1.35. The molecule has 0 aliphatic carbocycles. The van der Waals surface area contributed by atoms with Crippen LogP contribution in [-0.4, -0.2) is 10.9 Å². The third-order valence-corrected chi connectivity index (χ3v) is 5.08. The molecule has 0 atom stereocenters. The lowest BCUT2D eigenvalue weighted by atomic mass is 10.2. The number of thiazole rings is 1. The van der Waals surface area contributed by atoms with Crippen molar-refractivity contribution in [3.63, 3.8) is 0 Å². The summed E-state index contributed by atoms with van der Waals surface area (Å²) in [5, 5.41) is 4.56. The second kappa shape index (κ2) is 6.89. The summed E-state index contributed by atoms with van der Waals surface area (Å²) in [5.74, 6) is -0.300. The van der Waals surface area contributed by atoms with Gasteiger partial charge in [0.2, 0.25) is 5.91 Å². The van der Waals surface area contributed by atoms with E-state index in [9.17, 15) is 4.79 Å². The topological polar surface area (TPSA) is 42.0 Å². The molecule has 3 rings (SSSR count). The van der Waals surface area contributed by atoms with Gasteiger partial charge in [-0.3, -0.25) is 10.1 Å². The van der Waals surface area contributed by atoms with E-state index in [1.807, 2.05) is 24.3 Å². The Morgan fingerprint density at radius 3 is 2.65 bits per heavy atom. The smallest absolute Gasteiger partial charge is 0.250 e. The zero-order valence-electron chi connectivity index (χ0n) is 11.5. The second-order valence-electron chi connectivity index (χ2n) is 4.57. The highest BCUT2D eigenvalue weighted by atomic mass is 35.5. The van der Waals surface area contributed by atoms with Crippen LogP contribution < -0.4 is 5.32 Å². The SMILES string of the molecule is O=C(/C=C/c1ccccc1Cl)Nc1nc2c(Cl)c(Cl)ccc2s1. The summed E-state index contributed by atoms with van der Waals surface area (Å²) in [4.78, 5) is 16.3. The monoisotopic (exact) mass is 382 g/mol. The van der Waals surface area contributed by atoms with Crippen LogP contribution in [0.2, 0.25) is 15.1 Å². The fourth-order valence-electron chi connectivity index (χ4n) is 1.91. The molecule has 0 radical (unpaired) electrons. The molecular formula is C16H9Cl3N2OS. The fraction of sp³-hybridized carbons (Fsp3) is 0. The number of anilines is 1. The predicted octanol–water partition coefficient (Wildman–Crippen LogP) is 5.91. The van der Waals surface area contributed by atoms with Gasteiger partial charge in [-0.1, -0.05) is 64.3 Å². The molecule has 1 N–H and O–H groups in total. The van der Waals surface area contributed by atoms with Crippen LogP contribution in [-0.2, 0) is 4.79 Å². The Bertz CT molecular complexity index is 921. The van der Waals surface area contributed by atoms with Crippen molar-refractivity contribution in [1.82, 2.24) is 4.98 Å². The van der Waals surface area contributed by atoms with Crippen molar-refractivity contribution in [3.8, 4) is 0 Å². The molecule has 0 aliphatic heterocycles. The van der Waals surface area contributed by atoms with Crippen molar-refractivity contribution < 1.29 is 4.79 Å². The Morgan fingerprint density at radius 1 is 1.09 bits per heavy atom. The third kappa shape index (κ3) is 3.67. The van der Waals surface area contributed by atoms with Gasteiger partial charge in [-0.15, -0.1) is 0 Å². The molecule has 3 aromatic rings. The lowest BCUT2D eigenvalue weighted by Gasteiger charge is -1.97. The van der Waals surface area contributed by atoms with Crippen LogP contribution >= 0.6 is 46.1 Å². The molecule has 0 saturated heterocycles. The largest absolute Gasteiger partial charge is 0.298 e.